The molecular weight excluding hydrogens is 253 g/mol. The van der Waals surface area contributed by atoms with Gasteiger partial charge in [0.1, 0.15) is 0 Å². The van der Waals surface area contributed by atoms with Gasteiger partial charge in [0.05, 0.1) is 31.2 Å². The van der Waals surface area contributed by atoms with Crippen LogP contribution in [-0.4, -0.2) is 41.2 Å². The van der Waals surface area contributed by atoms with Crippen molar-refractivity contribution in [2.45, 2.75) is 43.9 Å². The number of halogens is 3. The Kier molecular flexibility index (Phi) is 4.98. The van der Waals surface area contributed by atoms with E-state index in [-0.39, 0.29) is 19.4 Å². The summed E-state index contributed by atoms with van der Waals surface area (Å²) < 4.78 is 40.4. The summed E-state index contributed by atoms with van der Waals surface area (Å²) in [7, 11) is 0. The number of aliphatic carboxylic acids is 1. The van der Waals surface area contributed by atoms with Crippen LogP contribution in [0.1, 0.15) is 32.1 Å². The fourth-order valence-corrected chi connectivity index (χ4v) is 2.00. The Hall–Kier alpha value is -0.820. The standard InChI is InChI=1S/C11H17F3O4/c12-11(13,14)5-6-18-7-10(17)3-1-8(2-4-10)9(15)16/h8,17H,1-7H2,(H,15,16). The molecule has 0 radical (unpaired) electrons. The van der Waals surface area contributed by atoms with E-state index in [1.54, 1.807) is 0 Å². The highest BCUT2D eigenvalue weighted by Gasteiger charge is 2.36. The van der Waals surface area contributed by atoms with Crippen LogP contribution in [0.4, 0.5) is 13.2 Å². The summed E-state index contributed by atoms with van der Waals surface area (Å²) in [6.45, 7) is -0.649. The molecule has 1 aliphatic rings. The molecule has 0 aromatic carbocycles. The number of ether oxygens (including phenoxy) is 1. The zero-order valence-electron chi connectivity index (χ0n) is 9.87. The van der Waals surface area contributed by atoms with Crippen LogP contribution in [0.25, 0.3) is 0 Å². The number of rotatable bonds is 5. The van der Waals surface area contributed by atoms with Crippen molar-refractivity contribution in [3.63, 3.8) is 0 Å². The van der Waals surface area contributed by atoms with Crippen LogP contribution in [0, 0.1) is 5.92 Å². The predicted octanol–water partition coefficient (Wildman–Crippen LogP) is 1.96. The maximum absolute atomic E-state index is 11.8. The Morgan fingerprint density at radius 1 is 1.33 bits per heavy atom. The molecule has 1 saturated carbocycles. The first-order valence-electron chi connectivity index (χ1n) is 5.82. The quantitative estimate of drug-likeness (QED) is 0.749. The first kappa shape index (κ1) is 15.2. The molecule has 18 heavy (non-hydrogen) atoms. The minimum absolute atomic E-state index is 0.171. The second kappa shape index (κ2) is 5.88. The van der Waals surface area contributed by atoms with Crippen LogP contribution in [0.15, 0.2) is 0 Å². The molecule has 1 aliphatic carbocycles. The van der Waals surface area contributed by atoms with Crippen LogP contribution < -0.4 is 0 Å². The van der Waals surface area contributed by atoms with Crippen molar-refractivity contribution in [3.8, 4) is 0 Å². The molecule has 0 saturated heterocycles. The third kappa shape index (κ3) is 5.22. The number of carboxylic acids is 1. The zero-order valence-corrected chi connectivity index (χ0v) is 9.87. The van der Waals surface area contributed by atoms with Crippen molar-refractivity contribution >= 4 is 5.97 Å². The van der Waals surface area contributed by atoms with E-state index in [0.717, 1.165) is 0 Å². The van der Waals surface area contributed by atoms with Gasteiger partial charge in [-0.05, 0) is 25.7 Å². The summed E-state index contributed by atoms with van der Waals surface area (Å²) in [6.07, 6.45) is -4.15. The summed E-state index contributed by atoms with van der Waals surface area (Å²) in [5.41, 5.74) is -1.18. The Bertz CT molecular complexity index is 283. The molecule has 0 aromatic heterocycles. The molecular formula is C11H17F3O4. The lowest BCUT2D eigenvalue weighted by Crippen LogP contribution is -2.40. The fourth-order valence-electron chi connectivity index (χ4n) is 2.00. The molecule has 0 amide bonds. The number of aliphatic hydroxyl groups is 1. The molecule has 0 atom stereocenters. The summed E-state index contributed by atoms with van der Waals surface area (Å²) in [6, 6.07) is 0. The van der Waals surface area contributed by atoms with Gasteiger partial charge in [-0.3, -0.25) is 4.79 Å². The average Bonchev–Trinajstić information content (AvgIpc) is 2.24. The van der Waals surface area contributed by atoms with Crippen molar-refractivity contribution < 1.29 is 32.9 Å². The van der Waals surface area contributed by atoms with Gasteiger partial charge in [-0.1, -0.05) is 0 Å². The third-order valence-electron chi connectivity index (χ3n) is 3.17. The highest BCUT2D eigenvalue weighted by atomic mass is 19.4. The van der Waals surface area contributed by atoms with Gasteiger partial charge in [-0.15, -0.1) is 0 Å². The van der Waals surface area contributed by atoms with Gasteiger partial charge in [0, 0.05) is 0 Å². The second-order valence-corrected chi connectivity index (χ2v) is 4.75. The van der Waals surface area contributed by atoms with E-state index in [1.165, 1.54) is 0 Å². The van der Waals surface area contributed by atoms with Crippen molar-refractivity contribution in [3.05, 3.63) is 0 Å². The molecule has 1 rings (SSSR count). The topological polar surface area (TPSA) is 66.8 Å². The summed E-state index contributed by atoms with van der Waals surface area (Å²) in [4.78, 5) is 10.7. The van der Waals surface area contributed by atoms with E-state index in [1.807, 2.05) is 0 Å². The van der Waals surface area contributed by atoms with Crippen LogP contribution >= 0.6 is 0 Å². The van der Waals surface area contributed by atoms with Crippen LogP contribution in [0.5, 0.6) is 0 Å². The number of carbonyl (C=O) groups is 1. The van der Waals surface area contributed by atoms with E-state index in [2.05, 4.69) is 0 Å². The third-order valence-corrected chi connectivity index (χ3v) is 3.17. The Morgan fingerprint density at radius 2 is 1.89 bits per heavy atom. The van der Waals surface area contributed by atoms with Gasteiger partial charge in [-0.2, -0.15) is 13.2 Å². The summed E-state index contributed by atoms with van der Waals surface area (Å²) in [5, 5.41) is 18.8. The predicted molar refractivity (Wildman–Crippen MR) is 56.0 cm³/mol. The van der Waals surface area contributed by atoms with E-state index in [9.17, 15) is 23.1 Å². The van der Waals surface area contributed by atoms with E-state index in [0.29, 0.717) is 12.8 Å². The van der Waals surface area contributed by atoms with Gasteiger partial charge in [-0.25, -0.2) is 0 Å². The lowest BCUT2D eigenvalue weighted by Gasteiger charge is -2.34. The molecule has 0 heterocycles. The number of alkyl halides is 3. The minimum Gasteiger partial charge on any atom is -0.481 e. The molecule has 106 valence electrons. The fraction of sp³-hybridized carbons (Fsp3) is 0.909. The maximum Gasteiger partial charge on any atom is 0.391 e. The van der Waals surface area contributed by atoms with Crippen molar-refractivity contribution in [1.82, 2.24) is 0 Å². The number of hydrogen-bond acceptors (Lipinski definition) is 3. The zero-order chi connectivity index (χ0) is 13.8. The average molecular weight is 270 g/mol. The smallest absolute Gasteiger partial charge is 0.391 e. The molecule has 1 fully saturated rings. The lowest BCUT2D eigenvalue weighted by molar-refractivity contribution is -0.156. The van der Waals surface area contributed by atoms with Crippen LogP contribution in [0.3, 0.4) is 0 Å². The normalized spacial score (nSPS) is 29.2. The molecule has 0 unspecified atom stereocenters. The molecule has 4 nitrogen and oxygen atoms in total. The molecule has 2 N–H and O–H groups in total. The van der Waals surface area contributed by atoms with Crippen molar-refractivity contribution in [2.75, 3.05) is 13.2 Å². The van der Waals surface area contributed by atoms with E-state index >= 15 is 0 Å². The maximum atomic E-state index is 11.8. The van der Waals surface area contributed by atoms with E-state index in [4.69, 9.17) is 9.84 Å². The molecule has 7 heteroatoms. The second-order valence-electron chi connectivity index (χ2n) is 4.75. The summed E-state index contributed by atoms with van der Waals surface area (Å²) in [5.74, 6) is -1.37. The summed E-state index contributed by atoms with van der Waals surface area (Å²) >= 11 is 0. The highest BCUT2D eigenvalue weighted by Crippen LogP contribution is 2.32. The number of carboxylic acid groups (broad SMARTS) is 1. The minimum atomic E-state index is -4.26. The van der Waals surface area contributed by atoms with Gasteiger partial charge in [0.15, 0.2) is 0 Å². The first-order valence-corrected chi connectivity index (χ1v) is 5.82. The van der Waals surface area contributed by atoms with Crippen LogP contribution in [0.2, 0.25) is 0 Å². The Labute approximate surface area is 103 Å². The Balaban J connectivity index is 2.24. The Morgan fingerprint density at radius 3 is 2.33 bits per heavy atom. The van der Waals surface area contributed by atoms with Gasteiger partial charge >= 0.3 is 12.1 Å². The van der Waals surface area contributed by atoms with Crippen LogP contribution in [-0.2, 0) is 9.53 Å². The molecule has 0 aromatic rings. The molecule has 0 bridgehead atoms. The van der Waals surface area contributed by atoms with Gasteiger partial charge in [0.25, 0.3) is 0 Å². The molecule has 0 aliphatic heterocycles. The largest absolute Gasteiger partial charge is 0.481 e. The number of hydrogen-bond donors (Lipinski definition) is 2. The SMILES string of the molecule is O=C(O)C1CCC(O)(COCCC(F)(F)F)CC1. The van der Waals surface area contributed by atoms with Crippen molar-refractivity contribution in [2.24, 2.45) is 5.92 Å². The van der Waals surface area contributed by atoms with E-state index < -0.39 is 36.7 Å². The van der Waals surface area contributed by atoms with Gasteiger partial charge < -0.3 is 14.9 Å². The molecule has 0 spiro atoms. The van der Waals surface area contributed by atoms with Crippen molar-refractivity contribution in [1.29, 1.82) is 0 Å². The first-order chi connectivity index (χ1) is 8.22. The monoisotopic (exact) mass is 270 g/mol. The lowest BCUT2D eigenvalue weighted by atomic mass is 9.79. The highest BCUT2D eigenvalue weighted by molar-refractivity contribution is 5.70. The van der Waals surface area contributed by atoms with Gasteiger partial charge in [0.2, 0.25) is 0 Å².